The van der Waals surface area contributed by atoms with Crippen LogP contribution in [0.2, 0.25) is 0 Å². The summed E-state index contributed by atoms with van der Waals surface area (Å²) < 4.78 is 0. The van der Waals surface area contributed by atoms with Gasteiger partial charge in [-0.15, -0.1) is 12.4 Å². The average Bonchev–Trinajstić information content (AvgIpc) is 2.39. The summed E-state index contributed by atoms with van der Waals surface area (Å²) in [7, 11) is 0. The van der Waals surface area contributed by atoms with Crippen LogP contribution in [0.25, 0.3) is 0 Å². The summed E-state index contributed by atoms with van der Waals surface area (Å²) in [6.45, 7) is 4.22. The fraction of sp³-hybridized carbons (Fsp3) is 0.462. The van der Waals surface area contributed by atoms with Crippen LogP contribution in [0.4, 0.5) is 0 Å². The second-order valence-corrected chi connectivity index (χ2v) is 4.40. The molecule has 1 saturated heterocycles. The molecule has 0 saturated carbocycles. The monoisotopic (exact) mass is 270 g/mol. The molecule has 0 aliphatic carbocycles. The van der Waals surface area contributed by atoms with Crippen molar-refractivity contribution in [2.24, 2.45) is 0 Å². The molecule has 0 radical (unpaired) electrons. The molecule has 2 N–H and O–H groups in total. The Labute approximate surface area is 113 Å². The van der Waals surface area contributed by atoms with Crippen molar-refractivity contribution in [3.8, 4) is 0 Å². The molecule has 100 valence electrons. The highest BCUT2D eigenvalue weighted by Gasteiger charge is 2.28. The van der Waals surface area contributed by atoms with Gasteiger partial charge in [0.1, 0.15) is 0 Å². The third-order valence-corrected chi connectivity index (χ3v) is 3.13. The molecule has 1 amide bonds. The molecule has 1 unspecified atom stereocenters. The van der Waals surface area contributed by atoms with E-state index in [1.165, 1.54) is 0 Å². The van der Waals surface area contributed by atoms with E-state index in [1.54, 1.807) is 17.0 Å². The number of rotatable bonds is 2. The highest BCUT2D eigenvalue weighted by molar-refractivity contribution is 5.85. The summed E-state index contributed by atoms with van der Waals surface area (Å²) in [4.78, 5) is 13.9. The molecule has 0 aromatic heterocycles. The maximum Gasteiger partial charge on any atom is 0.256 e. The van der Waals surface area contributed by atoms with Crippen LogP contribution >= 0.6 is 12.4 Å². The van der Waals surface area contributed by atoms with Gasteiger partial charge < -0.3 is 15.3 Å². The molecule has 4 nitrogen and oxygen atoms in total. The van der Waals surface area contributed by atoms with E-state index in [2.05, 4.69) is 5.32 Å². The third kappa shape index (κ3) is 3.22. The van der Waals surface area contributed by atoms with Gasteiger partial charge in [0.05, 0.1) is 0 Å². The van der Waals surface area contributed by atoms with Crippen LogP contribution in [0.5, 0.6) is 0 Å². The van der Waals surface area contributed by atoms with Gasteiger partial charge in [-0.1, -0.05) is 30.3 Å². The van der Waals surface area contributed by atoms with Crippen LogP contribution in [0.15, 0.2) is 30.3 Å². The number of carbonyl (C=O) groups excluding carboxylic acids is 1. The first-order valence-corrected chi connectivity index (χ1v) is 5.94. The van der Waals surface area contributed by atoms with Crippen LogP contribution in [0.3, 0.4) is 0 Å². The second kappa shape index (κ2) is 6.73. The van der Waals surface area contributed by atoms with E-state index in [9.17, 15) is 9.90 Å². The fourth-order valence-corrected chi connectivity index (χ4v) is 2.10. The number of piperazine rings is 1. The maximum atomic E-state index is 12.2. The number of amides is 1. The quantitative estimate of drug-likeness (QED) is 0.842. The number of nitrogens with one attached hydrogen (secondary N) is 1. The molecule has 1 aliphatic heterocycles. The molecule has 1 heterocycles. The van der Waals surface area contributed by atoms with Gasteiger partial charge in [0.2, 0.25) is 0 Å². The van der Waals surface area contributed by atoms with Gasteiger partial charge in [0.25, 0.3) is 5.91 Å². The van der Waals surface area contributed by atoms with Gasteiger partial charge in [-0.25, -0.2) is 0 Å². The number of carbonyl (C=O) groups is 1. The Morgan fingerprint density at radius 3 is 2.72 bits per heavy atom. The molecule has 18 heavy (non-hydrogen) atoms. The summed E-state index contributed by atoms with van der Waals surface area (Å²) in [5.74, 6) is -0.204. The number of aliphatic hydroxyl groups is 1. The number of hydrogen-bond donors (Lipinski definition) is 2. The van der Waals surface area contributed by atoms with Crippen LogP contribution in [0.1, 0.15) is 18.6 Å². The molecule has 0 bridgehead atoms. The van der Waals surface area contributed by atoms with Crippen LogP contribution in [-0.2, 0) is 4.79 Å². The molecule has 1 aromatic carbocycles. The van der Waals surface area contributed by atoms with Crippen LogP contribution < -0.4 is 5.32 Å². The summed E-state index contributed by atoms with van der Waals surface area (Å²) in [6, 6.07) is 9.20. The lowest BCUT2D eigenvalue weighted by molar-refractivity contribution is -0.143. The van der Waals surface area contributed by atoms with E-state index in [0.29, 0.717) is 12.1 Å². The molecule has 1 fully saturated rings. The number of nitrogens with zero attached hydrogens (tertiary/aromatic N) is 1. The van der Waals surface area contributed by atoms with Crippen molar-refractivity contribution < 1.29 is 9.90 Å². The lowest BCUT2D eigenvalue weighted by Gasteiger charge is -2.35. The first-order valence-electron chi connectivity index (χ1n) is 5.94. The number of halogens is 1. The Morgan fingerprint density at radius 2 is 2.11 bits per heavy atom. The summed E-state index contributed by atoms with van der Waals surface area (Å²) in [5, 5.41) is 13.3. The first kappa shape index (κ1) is 15.0. The molecule has 1 aliphatic rings. The van der Waals surface area contributed by atoms with Crippen molar-refractivity contribution in [1.82, 2.24) is 10.2 Å². The van der Waals surface area contributed by atoms with Gasteiger partial charge in [0.15, 0.2) is 6.10 Å². The van der Waals surface area contributed by atoms with E-state index in [1.807, 2.05) is 25.1 Å². The van der Waals surface area contributed by atoms with E-state index < -0.39 is 6.10 Å². The summed E-state index contributed by atoms with van der Waals surface area (Å²) >= 11 is 0. The Kier molecular flexibility index (Phi) is 5.59. The van der Waals surface area contributed by atoms with Crippen LogP contribution in [-0.4, -0.2) is 41.6 Å². The van der Waals surface area contributed by atoms with E-state index in [4.69, 9.17) is 0 Å². The lowest BCUT2D eigenvalue weighted by Crippen LogP contribution is -2.53. The molecule has 1 aromatic rings. The minimum absolute atomic E-state index is 0. The fourth-order valence-electron chi connectivity index (χ4n) is 2.10. The smallest absolute Gasteiger partial charge is 0.256 e. The van der Waals surface area contributed by atoms with Crippen LogP contribution in [0, 0.1) is 0 Å². The zero-order valence-electron chi connectivity index (χ0n) is 10.4. The predicted octanol–water partition coefficient (Wildman–Crippen LogP) is 0.962. The highest BCUT2D eigenvalue weighted by Crippen LogP contribution is 2.17. The minimum atomic E-state index is -1.04. The lowest BCUT2D eigenvalue weighted by atomic mass is 10.1. The van der Waals surface area contributed by atoms with Crippen molar-refractivity contribution in [1.29, 1.82) is 0 Å². The zero-order chi connectivity index (χ0) is 12.3. The summed E-state index contributed by atoms with van der Waals surface area (Å²) in [6.07, 6.45) is -1.04. The van der Waals surface area contributed by atoms with Crippen molar-refractivity contribution >= 4 is 18.3 Å². The number of benzene rings is 1. The molecular formula is C13H19ClN2O2. The Balaban J connectivity index is 0.00000162. The molecule has 2 atom stereocenters. The van der Waals surface area contributed by atoms with Gasteiger partial charge in [-0.3, -0.25) is 4.79 Å². The Bertz CT molecular complexity index is 386. The van der Waals surface area contributed by atoms with Crippen molar-refractivity contribution in [2.45, 2.75) is 19.1 Å². The maximum absolute atomic E-state index is 12.2. The van der Waals surface area contributed by atoms with Gasteiger partial charge >= 0.3 is 0 Å². The average molecular weight is 271 g/mol. The normalized spacial score (nSPS) is 21.0. The van der Waals surface area contributed by atoms with E-state index >= 15 is 0 Å². The van der Waals surface area contributed by atoms with Crippen molar-refractivity contribution in [3.63, 3.8) is 0 Å². The first-order chi connectivity index (χ1) is 8.20. The standard InChI is InChI=1S/C13H18N2O2.ClH/c1-10-9-14-7-8-15(10)13(17)12(16)11-5-3-2-4-6-11;/h2-6,10,12,14,16H,7-9H2,1H3;1H/t10-,12?;/m0./s1. The zero-order valence-corrected chi connectivity index (χ0v) is 11.2. The molecule has 0 spiro atoms. The Morgan fingerprint density at radius 1 is 1.44 bits per heavy atom. The molecule has 2 rings (SSSR count). The van der Waals surface area contributed by atoms with E-state index in [-0.39, 0.29) is 24.4 Å². The van der Waals surface area contributed by atoms with Crippen molar-refractivity contribution in [2.75, 3.05) is 19.6 Å². The van der Waals surface area contributed by atoms with E-state index in [0.717, 1.165) is 13.1 Å². The molecule has 5 heteroatoms. The largest absolute Gasteiger partial charge is 0.378 e. The topological polar surface area (TPSA) is 52.6 Å². The van der Waals surface area contributed by atoms with Gasteiger partial charge in [-0.2, -0.15) is 0 Å². The third-order valence-electron chi connectivity index (χ3n) is 3.13. The van der Waals surface area contributed by atoms with Gasteiger partial charge in [0, 0.05) is 25.7 Å². The second-order valence-electron chi connectivity index (χ2n) is 4.40. The SMILES string of the molecule is C[C@H]1CNCCN1C(=O)C(O)c1ccccc1.Cl. The predicted molar refractivity (Wildman–Crippen MR) is 72.7 cm³/mol. The number of hydrogen-bond acceptors (Lipinski definition) is 3. The van der Waals surface area contributed by atoms with Crippen molar-refractivity contribution in [3.05, 3.63) is 35.9 Å². The van der Waals surface area contributed by atoms with Gasteiger partial charge in [-0.05, 0) is 12.5 Å². The Hall–Kier alpha value is -1.10. The number of aliphatic hydroxyl groups excluding tert-OH is 1. The summed E-state index contributed by atoms with van der Waals surface area (Å²) in [5.41, 5.74) is 0.656. The highest BCUT2D eigenvalue weighted by atomic mass is 35.5. The minimum Gasteiger partial charge on any atom is -0.378 e. The molecular weight excluding hydrogens is 252 g/mol.